The van der Waals surface area contributed by atoms with Crippen LogP contribution in [0.1, 0.15) is 30.0 Å². The first-order chi connectivity index (χ1) is 13.9. The summed E-state index contributed by atoms with van der Waals surface area (Å²) in [5.74, 6) is 0.853. The van der Waals surface area contributed by atoms with E-state index < -0.39 is 6.04 Å². The molecular formula is C23H28N2O4. The maximum atomic E-state index is 13.0. The summed E-state index contributed by atoms with van der Waals surface area (Å²) < 4.78 is 10.8. The molecule has 1 aliphatic rings. The van der Waals surface area contributed by atoms with Gasteiger partial charge in [-0.15, -0.1) is 0 Å². The molecule has 0 aliphatic carbocycles. The molecule has 1 saturated heterocycles. The van der Waals surface area contributed by atoms with Gasteiger partial charge in [-0.1, -0.05) is 23.8 Å². The quantitative estimate of drug-likeness (QED) is 0.775. The average Bonchev–Trinajstić information content (AvgIpc) is 2.73. The first kappa shape index (κ1) is 20.7. The highest BCUT2D eigenvalue weighted by Crippen LogP contribution is 2.42. The third-order valence-corrected chi connectivity index (χ3v) is 5.42. The van der Waals surface area contributed by atoms with E-state index in [1.807, 2.05) is 49.4 Å². The van der Waals surface area contributed by atoms with Crippen LogP contribution < -0.4 is 14.4 Å². The van der Waals surface area contributed by atoms with Crippen molar-refractivity contribution in [2.24, 2.45) is 5.92 Å². The third kappa shape index (κ3) is 4.06. The highest BCUT2D eigenvalue weighted by Gasteiger charge is 2.42. The number of hydrogen-bond donors (Lipinski definition) is 0. The zero-order chi connectivity index (χ0) is 21.1. The monoisotopic (exact) mass is 396 g/mol. The molecule has 6 heteroatoms. The van der Waals surface area contributed by atoms with Crippen molar-refractivity contribution in [3.05, 3.63) is 53.6 Å². The van der Waals surface area contributed by atoms with E-state index in [2.05, 4.69) is 0 Å². The minimum atomic E-state index is -0.423. The van der Waals surface area contributed by atoms with Gasteiger partial charge in [0.2, 0.25) is 11.8 Å². The molecule has 1 aliphatic heterocycles. The number of ether oxygens (including phenoxy) is 2. The van der Waals surface area contributed by atoms with Crippen molar-refractivity contribution in [1.29, 1.82) is 0 Å². The lowest BCUT2D eigenvalue weighted by Crippen LogP contribution is -2.48. The highest BCUT2D eigenvalue weighted by atomic mass is 16.5. The summed E-state index contributed by atoms with van der Waals surface area (Å²) in [5.41, 5.74) is 2.75. The summed E-state index contributed by atoms with van der Waals surface area (Å²) in [6.07, 6.45) is 0.846. The third-order valence-electron chi connectivity index (χ3n) is 5.42. The molecule has 0 radical (unpaired) electrons. The van der Waals surface area contributed by atoms with Crippen molar-refractivity contribution < 1.29 is 19.1 Å². The molecule has 154 valence electrons. The Morgan fingerprint density at radius 1 is 1.03 bits per heavy atom. The second-order valence-electron chi connectivity index (χ2n) is 7.54. The van der Waals surface area contributed by atoms with Crippen molar-refractivity contribution in [1.82, 2.24) is 4.90 Å². The number of methoxy groups -OCH3 is 2. The van der Waals surface area contributed by atoms with Crippen LogP contribution in [0, 0.1) is 12.8 Å². The van der Waals surface area contributed by atoms with E-state index in [9.17, 15) is 9.59 Å². The number of anilines is 1. The van der Waals surface area contributed by atoms with E-state index in [1.165, 1.54) is 0 Å². The van der Waals surface area contributed by atoms with Crippen LogP contribution in [0.5, 0.6) is 11.5 Å². The van der Waals surface area contributed by atoms with Crippen molar-refractivity contribution >= 4 is 17.5 Å². The molecule has 0 aromatic heterocycles. The van der Waals surface area contributed by atoms with Gasteiger partial charge in [-0.25, -0.2) is 0 Å². The van der Waals surface area contributed by atoms with Crippen molar-refractivity contribution in [3.63, 3.8) is 0 Å². The molecule has 2 atom stereocenters. The molecule has 2 aromatic rings. The van der Waals surface area contributed by atoms with Gasteiger partial charge in [0.25, 0.3) is 0 Å². The minimum Gasteiger partial charge on any atom is -0.493 e. The molecule has 0 saturated carbocycles. The van der Waals surface area contributed by atoms with Crippen molar-refractivity contribution in [2.45, 2.75) is 25.8 Å². The van der Waals surface area contributed by atoms with Crippen LogP contribution in [0.2, 0.25) is 0 Å². The fraction of sp³-hybridized carbons (Fsp3) is 0.391. The van der Waals surface area contributed by atoms with Crippen LogP contribution in [0.15, 0.2) is 42.5 Å². The molecule has 0 N–H and O–H groups in total. The lowest BCUT2D eigenvalue weighted by Gasteiger charge is -2.41. The molecule has 29 heavy (non-hydrogen) atoms. The van der Waals surface area contributed by atoms with Gasteiger partial charge in [0.1, 0.15) is 0 Å². The van der Waals surface area contributed by atoms with Crippen LogP contribution in [-0.4, -0.2) is 45.0 Å². The normalized spacial score (nSPS) is 19.1. The fourth-order valence-electron chi connectivity index (χ4n) is 3.91. The van der Waals surface area contributed by atoms with Crippen LogP contribution in [0.3, 0.4) is 0 Å². The highest BCUT2D eigenvalue weighted by molar-refractivity contribution is 5.97. The van der Waals surface area contributed by atoms with Gasteiger partial charge in [-0.2, -0.15) is 0 Å². The number of piperidine rings is 1. The zero-order valence-electron chi connectivity index (χ0n) is 17.6. The Kier molecular flexibility index (Phi) is 6.11. The van der Waals surface area contributed by atoms with Gasteiger partial charge >= 0.3 is 0 Å². The Hall–Kier alpha value is -3.02. The summed E-state index contributed by atoms with van der Waals surface area (Å²) in [6.45, 7) is 2.01. The number of aryl methyl sites for hydroxylation is 1. The molecule has 1 heterocycles. The molecule has 1 fully saturated rings. The Morgan fingerprint density at radius 3 is 2.28 bits per heavy atom. The molecule has 0 unspecified atom stereocenters. The van der Waals surface area contributed by atoms with Crippen LogP contribution in [0.4, 0.5) is 5.69 Å². The van der Waals surface area contributed by atoms with Gasteiger partial charge in [0, 0.05) is 26.2 Å². The number of benzene rings is 2. The number of carbonyl (C=O) groups is 2. The van der Waals surface area contributed by atoms with Gasteiger partial charge in [0.15, 0.2) is 11.5 Å². The van der Waals surface area contributed by atoms with E-state index in [0.29, 0.717) is 24.3 Å². The van der Waals surface area contributed by atoms with E-state index in [1.54, 1.807) is 38.1 Å². The Morgan fingerprint density at radius 2 is 1.69 bits per heavy atom. The number of hydrogen-bond acceptors (Lipinski definition) is 4. The molecule has 6 nitrogen and oxygen atoms in total. The van der Waals surface area contributed by atoms with E-state index in [0.717, 1.165) is 16.8 Å². The fourth-order valence-corrected chi connectivity index (χ4v) is 3.91. The summed E-state index contributed by atoms with van der Waals surface area (Å²) in [5, 5.41) is 0. The lowest BCUT2D eigenvalue weighted by atomic mass is 9.82. The summed E-state index contributed by atoms with van der Waals surface area (Å²) >= 11 is 0. The number of carbonyl (C=O) groups excluding carboxylic acids is 2. The molecule has 0 spiro atoms. The molecule has 3 rings (SSSR count). The first-order valence-electron chi connectivity index (χ1n) is 9.69. The molecule has 2 amide bonds. The summed E-state index contributed by atoms with van der Waals surface area (Å²) in [4.78, 5) is 29.4. The number of nitrogens with zero attached hydrogens (tertiary/aromatic N) is 2. The second kappa shape index (κ2) is 8.55. The van der Waals surface area contributed by atoms with Crippen molar-refractivity contribution in [2.75, 3.05) is 33.2 Å². The van der Waals surface area contributed by atoms with E-state index >= 15 is 0 Å². The van der Waals surface area contributed by atoms with Gasteiger partial charge in [-0.3, -0.25) is 9.59 Å². The lowest BCUT2D eigenvalue weighted by molar-refractivity contribution is -0.136. The SMILES string of the molecule is COc1ccc([C@@H]2[C@@H](C(=O)N(C)C)CCC(=O)N2c2ccc(C)cc2)cc1OC. The first-order valence-corrected chi connectivity index (χ1v) is 9.69. The van der Waals surface area contributed by atoms with Crippen LogP contribution in [-0.2, 0) is 9.59 Å². The molecule has 0 bridgehead atoms. The largest absolute Gasteiger partial charge is 0.493 e. The standard InChI is InChI=1S/C23H28N2O4/c1-15-6-9-17(10-7-15)25-21(26)13-11-18(23(27)24(2)3)22(25)16-8-12-19(28-4)20(14-16)29-5/h6-10,12,14,18,22H,11,13H2,1-5H3/t18-,22+/m0/s1. The Bertz CT molecular complexity index is 892. The van der Waals surface area contributed by atoms with Crippen LogP contribution >= 0.6 is 0 Å². The van der Waals surface area contributed by atoms with Gasteiger partial charge in [0.05, 0.1) is 26.2 Å². The molecular weight excluding hydrogens is 368 g/mol. The second-order valence-corrected chi connectivity index (χ2v) is 7.54. The number of rotatable bonds is 5. The predicted octanol–water partition coefficient (Wildman–Crippen LogP) is 3.58. The summed E-state index contributed by atoms with van der Waals surface area (Å²) in [7, 11) is 6.66. The average molecular weight is 396 g/mol. The molecule has 2 aromatic carbocycles. The van der Waals surface area contributed by atoms with Gasteiger partial charge < -0.3 is 19.3 Å². The number of amides is 2. The van der Waals surface area contributed by atoms with E-state index in [-0.39, 0.29) is 17.7 Å². The van der Waals surface area contributed by atoms with Gasteiger partial charge in [-0.05, 0) is 43.2 Å². The zero-order valence-corrected chi connectivity index (χ0v) is 17.6. The Balaban J connectivity index is 2.15. The Labute approximate surface area is 172 Å². The smallest absolute Gasteiger partial charge is 0.227 e. The van der Waals surface area contributed by atoms with E-state index in [4.69, 9.17) is 9.47 Å². The van der Waals surface area contributed by atoms with Crippen molar-refractivity contribution in [3.8, 4) is 11.5 Å². The minimum absolute atomic E-state index is 0.00870. The predicted molar refractivity (Wildman–Crippen MR) is 112 cm³/mol. The maximum absolute atomic E-state index is 13.0. The maximum Gasteiger partial charge on any atom is 0.227 e. The topological polar surface area (TPSA) is 59.1 Å². The summed E-state index contributed by atoms with van der Waals surface area (Å²) in [6, 6.07) is 13.0. The van der Waals surface area contributed by atoms with Crippen LogP contribution in [0.25, 0.3) is 0 Å².